The van der Waals surface area contributed by atoms with Crippen molar-refractivity contribution in [2.75, 3.05) is 6.61 Å². The zero-order chi connectivity index (χ0) is 14.9. The second-order valence-corrected chi connectivity index (χ2v) is 8.18. The zero-order valence-corrected chi connectivity index (χ0v) is 13.0. The number of nitrogens with one attached hydrogen (secondary N) is 1. The van der Waals surface area contributed by atoms with E-state index >= 15 is 0 Å². The number of carbonyl (C=O) groups is 1. The number of rotatable bonds is 5. The molecule has 0 bridgehead atoms. The van der Waals surface area contributed by atoms with E-state index < -0.39 is 26.7 Å². The van der Waals surface area contributed by atoms with Crippen molar-refractivity contribution in [1.29, 1.82) is 0 Å². The van der Waals surface area contributed by atoms with Crippen molar-refractivity contribution in [2.45, 2.75) is 58.0 Å². The number of carbonyl (C=O) groups excluding carboxylic acids is 1. The van der Waals surface area contributed by atoms with Gasteiger partial charge in [0.2, 0.25) is 0 Å². The van der Waals surface area contributed by atoms with Crippen LogP contribution >= 0.6 is 0 Å². The highest BCUT2D eigenvalue weighted by molar-refractivity contribution is 7.91. The fraction of sp³-hybridized carbons (Fsp3) is 0.917. The molecule has 6 nitrogen and oxygen atoms in total. The standard InChI is InChI=1S/C12H23NO5S/c1-9(2)8-17-12(6-7-12)19(15,16)13-10(14)18-11(3,4)5/h9H,6-8H2,1-5H3,(H,13,14). The summed E-state index contributed by atoms with van der Waals surface area (Å²) < 4.78 is 36.5. The molecule has 0 aromatic heterocycles. The van der Waals surface area contributed by atoms with Crippen molar-refractivity contribution < 1.29 is 22.7 Å². The van der Waals surface area contributed by atoms with Gasteiger partial charge in [-0.05, 0) is 39.5 Å². The lowest BCUT2D eigenvalue weighted by atomic mass is 10.2. The molecule has 19 heavy (non-hydrogen) atoms. The Morgan fingerprint density at radius 2 is 1.84 bits per heavy atom. The second kappa shape index (κ2) is 5.28. The molecule has 1 aliphatic rings. The summed E-state index contributed by atoms with van der Waals surface area (Å²) >= 11 is 0. The predicted molar refractivity (Wildman–Crippen MR) is 71.0 cm³/mol. The number of hydrogen-bond donors (Lipinski definition) is 1. The van der Waals surface area contributed by atoms with Crippen molar-refractivity contribution in [3.63, 3.8) is 0 Å². The number of amides is 1. The van der Waals surface area contributed by atoms with Crippen molar-refractivity contribution >= 4 is 16.1 Å². The van der Waals surface area contributed by atoms with Crippen LogP contribution in [0.2, 0.25) is 0 Å². The molecular formula is C12H23NO5S. The maximum Gasteiger partial charge on any atom is 0.421 e. The maximum atomic E-state index is 12.1. The number of ether oxygens (including phenoxy) is 2. The van der Waals surface area contributed by atoms with E-state index in [1.54, 1.807) is 20.8 Å². The second-order valence-electron chi connectivity index (χ2n) is 6.22. The first-order chi connectivity index (χ1) is 8.47. The van der Waals surface area contributed by atoms with E-state index in [1.165, 1.54) is 0 Å². The van der Waals surface area contributed by atoms with E-state index in [1.807, 2.05) is 18.6 Å². The zero-order valence-electron chi connectivity index (χ0n) is 12.1. The molecule has 0 radical (unpaired) electrons. The summed E-state index contributed by atoms with van der Waals surface area (Å²) in [4.78, 5) is 10.3. The highest BCUT2D eigenvalue weighted by Crippen LogP contribution is 2.44. The molecule has 0 saturated heterocycles. The van der Waals surface area contributed by atoms with Crippen LogP contribution in [0.15, 0.2) is 0 Å². The van der Waals surface area contributed by atoms with Gasteiger partial charge in [-0.15, -0.1) is 0 Å². The molecule has 0 aliphatic heterocycles. The fourth-order valence-corrected chi connectivity index (χ4v) is 2.72. The summed E-state index contributed by atoms with van der Waals surface area (Å²) in [6.07, 6.45) is -0.165. The predicted octanol–water partition coefficient (Wildman–Crippen LogP) is 2.00. The fourth-order valence-electron chi connectivity index (χ4n) is 1.41. The number of hydrogen-bond acceptors (Lipinski definition) is 5. The first-order valence-electron chi connectivity index (χ1n) is 6.37. The molecule has 0 aromatic carbocycles. The Bertz CT molecular complexity index is 432. The summed E-state index contributed by atoms with van der Waals surface area (Å²) in [5, 5.41) is 0. The van der Waals surface area contributed by atoms with Crippen LogP contribution < -0.4 is 4.72 Å². The average Bonchev–Trinajstić information content (AvgIpc) is 2.90. The molecule has 1 amide bonds. The molecule has 0 aromatic rings. The van der Waals surface area contributed by atoms with Crippen LogP contribution in [0.4, 0.5) is 4.79 Å². The lowest BCUT2D eigenvalue weighted by Gasteiger charge is -2.22. The third-order valence-electron chi connectivity index (χ3n) is 2.44. The Balaban J connectivity index is 2.64. The van der Waals surface area contributed by atoms with Crippen molar-refractivity contribution in [3.05, 3.63) is 0 Å². The highest BCUT2D eigenvalue weighted by Gasteiger charge is 2.57. The summed E-state index contributed by atoms with van der Waals surface area (Å²) in [7, 11) is -3.86. The van der Waals surface area contributed by atoms with E-state index in [2.05, 4.69) is 0 Å². The summed E-state index contributed by atoms with van der Waals surface area (Å²) in [6.45, 7) is 9.22. The first kappa shape index (κ1) is 16.2. The van der Waals surface area contributed by atoms with Gasteiger partial charge in [-0.3, -0.25) is 0 Å². The Hall–Kier alpha value is -0.820. The molecule has 7 heteroatoms. The molecular weight excluding hydrogens is 270 g/mol. The lowest BCUT2D eigenvalue weighted by molar-refractivity contribution is 0.0529. The van der Waals surface area contributed by atoms with Gasteiger partial charge in [0.25, 0.3) is 10.0 Å². The van der Waals surface area contributed by atoms with E-state index in [-0.39, 0.29) is 5.92 Å². The Morgan fingerprint density at radius 1 is 1.32 bits per heavy atom. The monoisotopic (exact) mass is 293 g/mol. The van der Waals surface area contributed by atoms with Gasteiger partial charge in [-0.1, -0.05) is 13.8 Å². The van der Waals surface area contributed by atoms with Crippen LogP contribution in [0.1, 0.15) is 47.5 Å². The third-order valence-corrected chi connectivity index (χ3v) is 4.39. The third kappa shape index (κ3) is 4.65. The molecule has 112 valence electrons. The van der Waals surface area contributed by atoms with Crippen LogP contribution in [0.25, 0.3) is 0 Å². The van der Waals surface area contributed by atoms with Crippen molar-refractivity contribution in [1.82, 2.24) is 4.72 Å². The van der Waals surface area contributed by atoms with Crippen LogP contribution in [0.3, 0.4) is 0 Å². The smallest absolute Gasteiger partial charge is 0.421 e. The average molecular weight is 293 g/mol. The van der Waals surface area contributed by atoms with Crippen LogP contribution in [-0.2, 0) is 19.5 Å². The van der Waals surface area contributed by atoms with E-state index in [4.69, 9.17) is 9.47 Å². The highest BCUT2D eigenvalue weighted by atomic mass is 32.2. The topological polar surface area (TPSA) is 81.7 Å². The van der Waals surface area contributed by atoms with Crippen molar-refractivity contribution in [3.8, 4) is 0 Å². The molecule has 1 N–H and O–H groups in total. The van der Waals surface area contributed by atoms with Gasteiger partial charge in [-0.25, -0.2) is 17.9 Å². The Kier molecular flexibility index (Phi) is 4.51. The first-order valence-corrected chi connectivity index (χ1v) is 7.85. The normalized spacial score (nSPS) is 18.2. The molecule has 0 atom stereocenters. The largest absolute Gasteiger partial charge is 0.443 e. The van der Waals surface area contributed by atoms with Crippen LogP contribution in [0, 0.1) is 5.92 Å². The van der Waals surface area contributed by atoms with Crippen molar-refractivity contribution in [2.24, 2.45) is 5.92 Å². The molecule has 0 spiro atoms. The molecule has 0 unspecified atom stereocenters. The molecule has 1 rings (SSSR count). The molecule has 1 saturated carbocycles. The summed E-state index contributed by atoms with van der Waals surface area (Å²) in [5.41, 5.74) is -0.741. The Labute approximate surface area is 114 Å². The molecule has 0 heterocycles. The van der Waals surface area contributed by atoms with Gasteiger partial charge < -0.3 is 9.47 Å². The van der Waals surface area contributed by atoms with Gasteiger partial charge in [0.05, 0.1) is 6.61 Å². The van der Waals surface area contributed by atoms with E-state index in [0.29, 0.717) is 19.4 Å². The van der Waals surface area contributed by atoms with Gasteiger partial charge in [0.1, 0.15) is 5.60 Å². The van der Waals surface area contributed by atoms with Crippen LogP contribution in [0.5, 0.6) is 0 Å². The van der Waals surface area contributed by atoms with Gasteiger partial charge >= 0.3 is 6.09 Å². The van der Waals surface area contributed by atoms with Gasteiger partial charge in [0, 0.05) is 0 Å². The molecule has 1 fully saturated rings. The SMILES string of the molecule is CC(C)COC1(S(=O)(=O)NC(=O)OC(C)(C)C)CC1. The number of sulfonamides is 1. The van der Waals surface area contributed by atoms with Gasteiger partial charge in [0.15, 0.2) is 4.93 Å². The van der Waals surface area contributed by atoms with Gasteiger partial charge in [-0.2, -0.15) is 0 Å². The minimum atomic E-state index is -3.86. The molecule has 1 aliphatic carbocycles. The van der Waals surface area contributed by atoms with Crippen LogP contribution in [-0.4, -0.2) is 31.7 Å². The lowest BCUT2D eigenvalue weighted by Crippen LogP contribution is -2.43. The minimum Gasteiger partial charge on any atom is -0.443 e. The summed E-state index contributed by atoms with van der Waals surface area (Å²) in [5.74, 6) is 0.231. The Morgan fingerprint density at radius 3 is 2.21 bits per heavy atom. The van der Waals surface area contributed by atoms with E-state index in [9.17, 15) is 13.2 Å². The maximum absolute atomic E-state index is 12.1. The minimum absolute atomic E-state index is 0.231. The quantitative estimate of drug-likeness (QED) is 0.838. The van der Waals surface area contributed by atoms with E-state index in [0.717, 1.165) is 0 Å². The summed E-state index contributed by atoms with van der Waals surface area (Å²) in [6, 6.07) is 0.